The van der Waals surface area contributed by atoms with Crippen molar-refractivity contribution in [3.05, 3.63) is 158 Å². The highest BCUT2D eigenvalue weighted by Crippen LogP contribution is 2.43. The number of phosphoric acid groups is 1. The third kappa shape index (κ3) is 78.5. The molecule has 9 nitrogen and oxygen atoms in total. The van der Waals surface area contributed by atoms with Gasteiger partial charge in [0, 0.05) is 19.4 Å². The van der Waals surface area contributed by atoms with E-state index >= 15 is 0 Å². The summed E-state index contributed by atoms with van der Waals surface area (Å²) in [5.74, 6) is -0.847. The summed E-state index contributed by atoms with van der Waals surface area (Å²) in [5.41, 5.74) is 5.41. The molecule has 0 aliphatic carbocycles. The van der Waals surface area contributed by atoms with Crippen LogP contribution < -0.4 is 5.73 Å². The van der Waals surface area contributed by atoms with Crippen molar-refractivity contribution in [2.45, 2.75) is 341 Å². The Balaban J connectivity index is 3.86. The Hall–Kier alpha value is -4.37. The van der Waals surface area contributed by atoms with Crippen LogP contribution >= 0.6 is 7.82 Å². The van der Waals surface area contributed by atoms with Crippen molar-refractivity contribution in [3.8, 4) is 0 Å². The molecule has 0 bridgehead atoms. The summed E-state index contributed by atoms with van der Waals surface area (Å²) in [4.78, 5) is 35.4. The normalized spacial score (nSPS) is 13.8. The molecule has 542 valence electrons. The second-order valence-electron chi connectivity index (χ2n) is 25.5. The Morgan fingerprint density at radius 2 is 0.547 bits per heavy atom. The third-order valence-corrected chi connectivity index (χ3v) is 17.4. The van der Waals surface area contributed by atoms with E-state index < -0.39 is 26.5 Å². The SMILES string of the molecule is CC/C=C\C/C=C\C/C=C\C/C=C\C/C=C\C/C=C\C/C=C\C/C=C\C/C=C\CCCCCCCC(=O)OC(COC(=O)CCCCCCCCCCCCCCCCCCCCCCCCCCCCCC/C=C\C/C=C\C/C=C\C/C=C\CC)COP(=O)(O)OCCN. The predicted molar refractivity (Wildman–Crippen MR) is 413 cm³/mol. The topological polar surface area (TPSA) is 134 Å². The lowest BCUT2D eigenvalue weighted by Gasteiger charge is -2.19. The van der Waals surface area contributed by atoms with Crippen LogP contribution in [-0.4, -0.2) is 49.3 Å². The van der Waals surface area contributed by atoms with Crippen molar-refractivity contribution >= 4 is 19.8 Å². The minimum Gasteiger partial charge on any atom is -0.462 e. The first-order valence-corrected chi connectivity index (χ1v) is 40.5. The van der Waals surface area contributed by atoms with Crippen LogP contribution in [0, 0.1) is 0 Å². The lowest BCUT2D eigenvalue weighted by atomic mass is 10.0. The van der Waals surface area contributed by atoms with E-state index in [-0.39, 0.29) is 38.6 Å². The van der Waals surface area contributed by atoms with Crippen LogP contribution in [0.25, 0.3) is 0 Å². The predicted octanol–water partition coefficient (Wildman–Crippen LogP) is 26.3. The standard InChI is InChI=1S/C85H144NO8P/c1-3-5-7-9-11-13-15-17-19-21-23-25-27-29-31-33-35-37-38-39-40-41-42-43-44-46-47-49-51-53-55-57-59-61-63-65-67-69-71-73-75-77-84(87)91-81-83(82-93-95(89,90)92-80-79-86)94-85(88)78-76-74-72-70-68-66-64-62-60-58-56-54-52-50-48-45-36-34-32-30-28-26-24-22-20-18-16-14-12-10-8-6-4-2/h5-8,11-14,17-20,23-26,30,32,36,45,50,52,56,58,62,64,83H,3-4,9-10,15-16,21-22,27-29,31,33-35,37-44,46-49,51,53-55,57,59-61,63,65-82,86H2,1-2H3,(H,89,90)/b7-5-,8-6-,13-11-,14-12-,19-17-,20-18-,25-23-,26-24-,32-30-,45-36-,52-50-,58-56-,64-62-. The molecule has 0 spiro atoms. The molecule has 0 saturated carbocycles. The highest BCUT2D eigenvalue weighted by Gasteiger charge is 2.26. The number of nitrogens with two attached hydrogens (primary N) is 1. The molecule has 2 atom stereocenters. The van der Waals surface area contributed by atoms with Gasteiger partial charge in [0.1, 0.15) is 6.61 Å². The molecular formula is C85H144NO8P. The molecule has 0 aromatic rings. The first kappa shape index (κ1) is 90.6. The van der Waals surface area contributed by atoms with Gasteiger partial charge < -0.3 is 20.1 Å². The lowest BCUT2D eigenvalue weighted by Crippen LogP contribution is -2.29. The summed E-state index contributed by atoms with van der Waals surface area (Å²) in [6.45, 7) is 3.51. The second kappa shape index (κ2) is 78.6. The van der Waals surface area contributed by atoms with Crippen LogP contribution in [-0.2, 0) is 32.7 Å². The number of rotatable bonds is 72. The van der Waals surface area contributed by atoms with Crippen LogP contribution in [0.1, 0.15) is 335 Å². The number of esters is 2. The summed E-state index contributed by atoms with van der Waals surface area (Å²) in [5, 5.41) is 0. The van der Waals surface area contributed by atoms with E-state index in [2.05, 4.69) is 172 Å². The molecule has 2 unspecified atom stereocenters. The molecule has 0 aliphatic rings. The van der Waals surface area contributed by atoms with E-state index in [4.69, 9.17) is 24.3 Å². The molecule has 0 radical (unpaired) electrons. The second-order valence-corrected chi connectivity index (χ2v) is 26.9. The Bertz CT molecular complexity index is 2120. The summed E-state index contributed by atoms with van der Waals surface area (Å²) in [6, 6.07) is 0. The van der Waals surface area contributed by atoms with Gasteiger partial charge in [0.25, 0.3) is 0 Å². The van der Waals surface area contributed by atoms with Gasteiger partial charge in [-0.05, 0) is 122 Å². The van der Waals surface area contributed by atoms with Gasteiger partial charge in [0.2, 0.25) is 0 Å². The van der Waals surface area contributed by atoms with E-state index in [1.807, 2.05) is 0 Å². The number of unbranched alkanes of at least 4 members (excludes halogenated alkanes) is 33. The smallest absolute Gasteiger partial charge is 0.462 e. The number of phosphoric ester groups is 1. The fourth-order valence-corrected chi connectivity index (χ4v) is 11.5. The van der Waals surface area contributed by atoms with Crippen LogP contribution in [0.4, 0.5) is 0 Å². The highest BCUT2D eigenvalue weighted by atomic mass is 31.2. The number of allylic oxidation sites excluding steroid dienone is 26. The van der Waals surface area contributed by atoms with Crippen LogP contribution in [0.15, 0.2) is 158 Å². The molecular weight excluding hydrogens is 1190 g/mol. The van der Waals surface area contributed by atoms with E-state index in [1.54, 1.807) is 0 Å². The minimum atomic E-state index is -4.41. The number of ether oxygens (including phenoxy) is 2. The van der Waals surface area contributed by atoms with Crippen molar-refractivity contribution in [3.63, 3.8) is 0 Å². The van der Waals surface area contributed by atoms with Crippen LogP contribution in [0.3, 0.4) is 0 Å². The summed E-state index contributed by atoms with van der Waals surface area (Å²) < 4.78 is 33.2. The molecule has 0 heterocycles. The minimum absolute atomic E-state index is 0.0441. The maximum Gasteiger partial charge on any atom is 0.472 e. The van der Waals surface area contributed by atoms with Crippen molar-refractivity contribution < 1.29 is 37.6 Å². The fourth-order valence-electron chi connectivity index (χ4n) is 10.7. The Kier molecular flexibility index (Phi) is 75.0. The number of hydrogen-bond donors (Lipinski definition) is 2. The summed E-state index contributed by atoms with van der Waals surface area (Å²) >= 11 is 0. The lowest BCUT2D eigenvalue weighted by molar-refractivity contribution is -0.161. The Labute approximate surface area is 585 Å². The molecule has 95 heavy (non-hydrogen) atoms. The van der Waals surface area contributed by atoms with Gasteiger partial charge in [-0.3, -0.25) is 18.6 Å². The van der Waals surface area contributed by atoms with Gasteiger partial charge in [-0.25, -0.2) is 4.57 Å². The van der Waals surface area contributed by atoms with Gasteiger partial charge >= 0.3 is 19.8 Å². The summed E-state index contributed by atoms with van der Waals surface area (Å²) in [6.07, 6.45) is 115. The van der Waals surface area contributed by atoms with Crippen molar-refractivity contribution in [2.24, 2.45) is 5.73 Å². The number of carbonyl (C=O) groups excluding carboxylic acids is 2. The molecule has 0 aliphatic heterocycles. The first-order chi connectivity index (χ1) is 46.8. The number of hydrogen-bond acceptors (Lipinski definition) is 8. The Morgan fingerprint density at radius 3 is 0.811 bits per heavy atom. The van der Waals surface area contributed by atoms with Gasteiger partial charge in [0.15, 0.2) is 6.10 Å². The maximum absolute atomic E-state index is 12.8. The van der Waals surface area contributed by atoms with Gasteiger partial charge in [0.05, 0.1) is 13.2 Å². The van der Waals surface area contributed by atoms with Gasteiger partial charge in [-0.15, -0.1) is 0 Å². The van der Waals surface area contributed by atoms with E-state index in [9.17, 15) is 19.0 Å². The molecule has 0 amide bonds. The Morgan fingerprint density at radius 1 is 0.316 bits per heavy atom. The molecule has 10 heteroatoms. The number of carbonyl (C=O) groups is 2. The van der Waals surface area contributed by atoms with E-state index in [0.29, 0.717) is 6.42 Å². The average molecular weight is 1340 g/mol. The molecule has 0 saturated heterocycles. The maximum atomic E-state index is 12.8. The largest absolute Gasteiger partial charge is 0.472 e. The molecule has 3 N–H and O–H groups in total. The van der Waals surface area contributed by atoms with Crippen molar-refractivity contribution in [1.29, 1.82) is 0 Å². The van der Waals surface area contributed by atoms with Crippen molar-refractivity contribution in [2.75, 3.05) is 26.4 Å². The third-order valence-electron chi connectivity index (χ3n) is 16.4. The highest BCUT2D eigenvalue weighted by molar-refractivity contribution is 7.47. The van der Waals surface area contributed by atoms with E-state index in [1.165, 1.54) is 167 Å². The van der Waals surface area contributed by atoms with Crippen LogP contribution in [0.5, 0.6) is 0 Å². The van der Waals surface area contributed by atoms with Gasteiger partial charge in [-0.2, -0.15) is 0 Å². The molecule has 0 aromatic heterocycles. The zero-order chi connectivity index (χ0) is 68.6. The average Bonchev–Trinajstić information content (AvgIpc) is 3.25. The molecule has 0 fully saturated rings. The zero-order valence-corrected chi connectivity index (χ0v) is 62.0. The summed E-state index contributed by atoms with van der Waals surface area (Å²) in [7, 11) is -4.41. The van der Waals surface area contributed by atoms with E-state index in [0.717, 1.165) is 135 Å². The first-order valence-electron chi connectivity index (χ1n) is 39.0. The monoisotopic (exact) mass is 1340 g/mol. The molecule has 0 rings (SSSR count). The van der Waals surface area contributed by atoms with Crippen LogP contribution in [0.2, 0.25) is 0 Å². The van der Waals surface area contributed by atoms with Gasteiger partial charge in [-0.1, -0.05) is 358 Å². The van der Waals surface area contributed by atoms with Crippen molar-refractivity contribution in [1.82, 2.24) is 0 Å². The fraction of sp³-hybridized carbons (Fsp3) is 0.671. The zero-order valence-electron chi connectivity index (χ0n) is 61.1. The quantitative estimate of drug-likeness (QED) is 0.0264. The molecule has 0 aromatic carbocycles.